The van der Waals surface area contributed by atoms with Crippen molar-refractivity contribution in [2.24, 2.45) is 0 Å². The van der Waals surface area contributed by atoms with Crippen LogP contribution in [0.5, 0.6) is 0 Å². The van der Waals surface area contributed by atoms with Gasteiger partial charge in [0, 0.05) is 19.6 Å². The van der Waals surface area contributed by atoms with Gasteiger partial charge in [-0.2, -0.15) is 0 Å². The smallest absolute Gasteiger partial charge is 0.409 e. The van der Waals surface area contributed by atoms with Crippen LogP contribution < -0.4 is 5.32 Å². The number of rotatable bonds is 4. The highest BCUT2D eigenvalue weighted by atomic mass is 16.6. The van der Waals surface area contributed by atoms with E-state index in [1.54, 1.807) is 4.90 Å². The summed E-state index contributed by atoms with van der Waals surface area (Å²) in [6.07, 6.45) is 0.789. The Bertz CT molecular complexity index is 150. The highest BCUT2D eigenvalue weighted by Gasteiger charge is 2.18. The Morgan fingerprint density at radius 3 is 3.17 bits per heavy atom. The van der Waals surface area contributed by atoms with Crippen molar-refractivity contribution in [3.8, 4) is 0 Å². The summed E-state index contributed by atoms with van der Waals surface area (Å²) in [6, 6.07) is 0. The van der Waals surface area contributed by atoms with Crippen molar-refractivity contribution in [3.05, 3.63) is 0 Å². The fourth-order valence-electron chi connectivity index (χ4n) is 1.19. The molecule has 1 fully saturated rings. The number of ether oxygens (including phenoxy) is 1. The van der Waals surface area contributed by atoms with E-state index in [4.69, 9.17) is 4.74 Å². The molecule has 0 bridgehead atoms. The Balaban J connectivity index is 2.16. The fraction of sp³-hybridized carbons (Fsp3) is 0.875. The molecule has 4 heteroatoms. The SMILES string of the molecule is CCNCCN1CCCOC1=O. The third kappa shape index (κ3) is 2.70. The van der Waals surface area contributed by atoms with Crippen LogP contribution in [0.2, 0.25) is 0 Å². The summed E-state index contributed by atoms with van der Waals surface area (Å²) in [5.41, 5.74) is 0. The number of nitrogens with zero attached hydrogens (tertiary/aromatic N) is 1. The molecule has 0 aliphatic carbocycles. The Morgan fingerprint density at radius 2 is 2.50 bits per heavy atom. The van der Waals surface area contributed by atoms with Crippen molar-refractivity contribution >= 4 is 6.09 Å². The number of carbonyl (C=O) groups is 1. The lowest BCUT2D eigenvalue weighted by molar-refractivity contribution is 0.0734. The van der Waals surface area contributed by atoms with Crippen molar-refractivity contribution < 1.29 is 9.53 Å². The first-order chi connectivity index (χ1) is 5.84. The van der Waals surface area contributed by atoms with Crippen molar-refractivity contribution in [1.82, 2.24) is 10.2 Å². The quantitative estimate of drug-likeness (QED) is 0.625. The summed E-state index contributed by atoms with van der Waals surface area (Å²) in [5, 5.41) is 3.17. The molecule has 1 N–H and O–H groups in total. The monoisotopic (exact) mass is 172 g/mol. The molecule has 1 aliphatic rings. The molecule has 70 valence electrons. The van der Waals surface area contributed by atoms with Crippen molar-refractivity contribution in [2.45, 2.75) is 13.3 Å². The van der Waals surface area contributed by atoms with Gasteiger partial charge in [0.15, 0.2) is 0 Å². The third-order valence-corrected chi connectivity index (χ3v) is 1.86. The van der Waals surface area contributed by atoms with E-state index in [-0.39, 0.29) is 6.09 Å². The molecule has 4 nitrogen and oxygen atoms in total. The molecule has 1 amide bonds. The first-order valence-electron chi connectivity index (χ1n) is 4.47. The zero-order valence-electron chi connectivity index (χ0n) is 7.51. The minimum Gasteiger partial charge on any atom is -0.449 e. The van der Waals surface area contributed by atoms with Gasteiger partial charge < -0.3 is 15.0 Å². The van der Waals surface area contributed by atoms with Gasteiger partial charge in [-0.15, -0.1) is 0 Å². The molecule has 1 saturated heterocycles. The molecule has 0 spiro atoms. The molecule has 0 atom stereocenters. The van der Waals surface area contributed by atoms with Crippen LogP contribution in [0.3, 0.4) is 0 Å². The zero-order chi connectivity index (χ0) is 8.81. The minimum absolute atomic E-state index is 0.167. The predicted octanol–water partition coefficient (Wildman–Crippen LogP) is 0.438. The maximum Gasteiger partial charge on any atom is 0.409 e. The van der Waals surface area contributed by atoms with E-state index in [1.807, 2.05) is 0 Å². The fourth-order valence-corrected chi connectivity index (χ4v) is 1.19. The topological polar surface area (TPSA) is 41.6 Å². The molecule has 0 unspecified atom stereocenters. The van der Waals surface area contributed by atoms with E-state index in [2.05, 4.69) is 12.2 Å². The molecule has 12 heavy (non-hydrogen) atoms. The van der Waals surface area contributed by atoms with Gasteiger partial charge in [0.1, 0.15) is 0 Å². The van der Waals surface area contributed by atoms with Crippen LogP contribution in [0.15, 0.2) is 0 Å². The summed E-state index contributed by atoms with van der Waals surface area (Å²) in [5.74, 6) is 0. The second-order valence-electron chi connectivity index (χ2n) is 2.81. The average molecular weight is 172 g/mol. The highest BCUT2D eigenvalue weighted by molar-refractivity contribution is 5.68. The minimum atomic E-state index is -0.167. The van der Waals surface area contributed by atoms with Gasteiger partial charge in [-0.05, 0) is 13.0 Å². The molecule has 0 aromatic carbocycles. The van der Waals surface area contributed by atoms with Gasteiger partial charge in [0.05, 0.1) is 6.61 Å². The molecular formula is C8H16N2O2. The van der Waals surface area contributed by atoms with Crippen LogP contribution in [0.4, 0.5) is 4.79 Å². The molecule has 0 aromatic heterocycles. The Morgan fingerprint density at radius 1 is 1.67 bits per heavy atom. The average Bonchev–Trinajstić information content (AvgIpc) is 2.09. The standard InChI is InChI=1S/C8H16N2O2/c1-2-9-4-6-10-5-3-7-12-8(10)11/h9H,2-7H2,1H3. The lowest BCUT2D eigenvalue weighted by atomic mass is 10.3. The number of nitrogens with one attached hydrogen (secondary N) is 1. The number of carbonyl (C=O) groups excluding carboxylic acids is 1. The molecule has 0 aromatic rings. The van der Waals surface area contributed by atoms with Crippen LogP contribution in [-0.4, -0.2) is 43.8 Å². The van der Waals surface area contributed by atoms with Gasteiger partial charge >= 0.3 is 6.09 Å². The lowest BCUT2D eigenvalue weighted by Crippen LogP contribution is -2.41. The van der Waals surface area contributed by atoms with Crippen molar-refractivity contribution in [2.75, 3.05) is 32.8 Å². The van der Waals surface area contributed by atoms with Crippen molar-refractivity contribution in [3.63, 3.8) is 0 Å². The Kier molecular flexibility index (Phi) is 3.87. The second-order valence-corrected chi connectivity index (χ2v) is 2.81. The van der Waals surface area contributed by atoms with E-state index < -0.39 is 0 Å². The molecular weight excluding hydrogens is 156 g/mol. The summed E-state index contributed by atoms with van der Waals surface area (Å²) >= 11 is 0. The van der Waals surface area contributed by atoms with Gasteiger partial charge in [-0.3, -0.25) is 0 Å². The maximum atomic E-state index is 11.1. The van der Waals surface area contributed by atoms with Gasteiger partial charge in [0.25, 0.3) is 0 Å². The Hall–Kier alpha value is -0.770. The normalized spacial score (nSPS) is 17.8. The van der Waals surface area contributed by atoms with Gasteiger partial charge in [-0.1, -0.05) is 6.92 Å². The number of likely N-dealkylation sites (N-methyl/N-ethyl adjacent to an activating group) is 1. The second kappa shape index (κ2) is 4.98. The molecule has 1 heterocycles. The van der Waals surface area contributed by atoms with E-state index in [0.717, 1.165) is 32.6 Å². The number of amides is 1. The van der Waals surface area contributed by atoms with Crippen LogP contribution in [0.25, 0.3) is 0 Å². The number of cyclic esters (lactones) is 1. The summed E-state index contributed by atoms with van der Waals surface area (Å²) in [6.45, 7) is 6.02. The number of hydrogen-bond acceptors (Lipinski definition) is 3. The lowest BCUT2D eigenvalue weighted by Gasteiger charge is -2.26. The van der Waals surface area contributed by atoms with Crippen LogP contribution in [0, 0.1) is 0 Å². The zero-order valence-corrected chi connectivity index (χ0v) is 7.51. The first kappa shape index (κ1) is 9.32. The Labute approximate surface area is 72.9 Å². The van der Waals surface area contributed by atoms with E-state index in [0.29, 0.717) is 6.61 Å². The highest BCUT2D eigenvalue weighted by Crippen LogP contribution is 2.02. The molecule has 0 saturated carbocycles. The molecule has 1 rings (SSSR count). The van der Waals surface area contributed by atoms with E-state index in [1.165, 1.54) is 0 Å². The molecule has 1 aliphatic heterocycles. The predicted molar refractivity (Wildman–Crippen MR) is 46.1 cm³/mol. The first-order valence-corrected chi connectivity index (χ1v) is 4.47. The van der Waals surface area contributed by atoms with E-state index in [9.17, 15) is 4.79 Å². The van der Waals surface area contributed by atoms with Gasteiger partial charge in [-0.25, -0.2) is 4.79 Å². The summed E-state index contributed by atoms with van der Waals surface area (Å²) < 4.78 is 4.88. The summed E-state index contributed by atoms with van der Waals surface area (Å²) in [4.78, 5) is 12.8. The van der Waals surface area contributed by atoms with Crippen molar-refractivity contribution in [1.29, 1.82) is 0 Å². The van der Waals surface area contributed by atoms with Gasteiger partial charge in [0.2, 0.25) is 0 Å². The summed E-state index contributed by atoms with van der Waals surface area (Å²) in [7, 11) is 0. The van der Waals surface area contributed by atoms with E-state index >= 15 is 0 Å². The van der Waals surface area contributed by atoms with Crippen LogP contribution >= 0.6 is 0 Å². The van der Waals surface area contributed by atoms with Crippen LogP contribution in [-0.2, 0) is 4.74 Å². The number of hydrogen-bond donors (Lipinski definition) is 1. The maximum absolute atomic E-state index is 11.1. The van der Waals surface area contributed by atoms with Crippen LogP contribution in [0.1, 0.15) is 13.3 Å². The molecule has 0 radical (unpaired) electrons. The third-order valence-electron chi connectivity index (χ3n) is 1.86. The largest absolute Gasteiger partial charge is 0.449 e.